The molecule has 1 aliphatic heterocycles. The highest BCUT2D eigenvalue weighted by Crippen LogP contribution is 2.47. The van der Waals surface area contributed by atoms with E-state index in [1.807, 2.05) is 12.1 Å². The van der Waals surface area contributed by atoms with Gasteiger partial charge in [-0.2, -0.15) is 5.26 Å². The first-order valence-corrected chi connectivity index (χ1v) is 14.0. The second kappa shape index (κ2) is 8.46. The molecular formula is C32H38N4O. The Morgan fingerprint density at radius 1 is 1.08 bits per heavy atom. The lowest BCUT2D eigenvalue weighted by atomic mass is 9.68. The number of nitriles is 1. The summed E-state index contributed by atoms with van der Waals surface area (Å²) < 4.78 is 0. The minimum absolute atomic E-state index is 0.0928. The van der Waals surface area contributed by atoms with E-state index >= 15 is 0 Å². The zero-order valence-electron chi connectivity index (χ0n) is 22.9. The van der Waals surface area contributed by atoms with Crippen molar-refractivity contribution in [3.05, 3.63) is 63.8 Å². The number of aromatic nitrogens is 1. The Hall–Kier alpha value is -3.10. The van der Waals surface area contributed by atoms with Crippen molar-refractivity contribution in [2.75, 3.05) is 31.1 Å². The van der Waals surface area contributed by atoms with Gasteiger partial charge in [-0.25, -0.2) is 0 Å². The normalized spacial score (nSPS) is 20.5. The SMILES string of the molecule is CCc1cc2c(cc1N1CCN(C3(C(C)C)CCC3)CC1)C(C)(C)c1[nH]c3cc(C#N)ccc3c1C2=O. The number of H-pyrrole nitrogens is 1. The predicted octanol–water partition coefficient (Wildman–Crippen LogP) is 6.17. The third-order valence-corrected chi connectivity index (χ3v) is 9.84. The highest BCUT2D eigenvalue weighted by atomic mass is 16.1. The number of rotatable bonds is 4. The van der Waals surface area contributed by atoms with E-state index in [1.165, 1.54) is 30.5 Å². The summed E-state index contributed by atoms with van der Waals surface area (Å²) in [6.07, 6.45) is 4.93. The summed E-state index contributed by atoms with van der Waals surface area (Å²) in [5.74, 6) is 0.791. The van der Waals surface area contributed by atoms with Gasteiger partial charge in [0.1, 0.15) is 0 Å². The smallest absolute Gasteiger partial charge is 0.195 e. The predicted molar refractivity (Wildman–Crippen MR) is 150 cm³/mol. The molecular weight excluding hydrogens is 456 g/mol. The lowest BCUT2D eigenvalue weighted by Crippen LogP contribution is -2.62. The van der Waals surface area contributed by atoms with Gasteiger partial charge in [0.05, 0.1) is 17.2 Å². The first-order valence-electron chi connectivity index (χ1n) is 14.0. The monoisotopic (exact) mass is 494 g/mol. The molecule has 2 aliphatic carbocycles. The summed E-state index contributed by atoms with van der Waals surface area (Å²) in [5, 5.41) is 10.3. The molecule has 192 valence electrons. The average molecular weight is 495 g/mol. The molecule has 1 saturated heterocycles. The molecule has 2 heterocycles. The summed E-state index contributed by atoms with van der Waals surface area (Å²) in [4.78, 5) is 22.8. The van der Waals surface area contributed by atoms with Gasteiger partial charge < -0.3 is 9.88 Å². The van der Waals surface area contributed by atoms with Crippen molar-refractivity contribution < 1.29 is 4.79 Å². The van der Waals surface area contributed by atoms with E-state index in [9.17, 15) is 10.1 Å². The molecule has 5 nitrogen and oxygen atoms in total. The molecule has 1 N–H and O–H groups in total. The Balaban J connectivity index is 1.38. The zero-order chi connectivity index (χ0) is 26.1. The van der Waals surface area contributed by atoms with Crippen LogP contribution in [-0.2, 0) is 11.8 Å². The van der Waals surface area contributed by atoms with Gasteiger partial charge >= 0.3 is 0 Å². The van der Waals surface area contributed by atoms with Gasteiger partial charge in [-0.3, -0.25) is 9.69 Å². The van der Waals surface area contributed by atoms with Gasteiger partial charge in [-0.1, -0.05) is 40.7 Å². The number of nitrogens with zero attached hydrogens (tertiary/aromatic N) is 3. The van der Waals surface area contributed by atoms with Gasteiger partial charge in [0.25, 0.3) is 0 Å². The van der Waals surface area contributed by atoms with Crippen LogP contribution in [0.15, 0.2) is 30.3 Å². The number of anilines is 1. The van der Waals surface area contributed by atoms with Crippen LogP contribution in [0, 0.1) is 17.2 Å². The van der Waals surface area contributed by atoms with Crippen molar-refractivity contribution in [2.24, 2.45) is 5.92 Å². The quantitative estimate of drug-likeness (QED) is 0.471. The molecule has 0 bridgehead atoms. The van der Waals surface area contributed by atoms with Crippen molar-refractivity contribution in [3.63, 3.8) is 0 Å². The Kier molecular flexibility index (Phi) is 5.55. The maximum Gasteiger partial charge on any atom is 0.195 e. The summed E-state index contributed by atoms with van der Waals surface area (Å²) in [5.41, 5.74) is 7.72. The number of nitrogens with one attached hydrogen (secondary N) is 1. The van der Waals surface area contributed by atoms with E-state index < -0.39 is 0 Å². The van der Waals surface area contributed by atoms with E-state index in [0.29, 0.717) is 17.0 Å². The zero-order valence-corrected chi connectivity index (χ0v) is 22.9. The van der Waals surface area contributed by atoms with Crippen LogP contribution >= 0.6 is 0 Å². The lowest BCUT2D eigenvalue weighted by molar-refractivity contribution is -0.0260. The molecule has 0 amide bonds. The summed E-state index contributed by atoms with van der Waals surface area (Å²) in [6.45, 7) is 15.7. The molecule has 0 unspecified atom stereocenters. The van der Waals surface area contributed by atoms with Crippen LogP contribution < -0.4 is 4.90 Å². The molecule has 2 aromatic carbocycles. The maximum absolute atomic E-state index is 13.9. The number of hydrogen-bond acceptors (Lipinski definition) is 4. The summed E-state index contributed by atoms with van der Waals surface area (Å²) in [7, 11) is 0. The number of aryl methyl sites for hydroxylation is 1. The van der Waals surface area contributed by atoms with Gasteiger partial charge in [-0.05, 0) is 67.0 Å². The van der Waals surface area contributed by atoms with E-state index in [4.69, 9.17) is 0 Å². The Labute approximate surface area is 220 Å². The van der Waals surface area contributed by atoms with E-state index in [2.05, 4.69) is 67.6 Å². The van der Waals surface area contributed by atoms with Crippen LogP contribution in [0.3, 0.4) is 0 Å². The minimum atomic E-state index is -0.346. The standard InChI is InChI=1S/C32H38N4O/c1-6-22-17-24-25(18-27(22)35-12-14-36(15-13-35)32(20(2)3)10-7-11-32)31(4,5)30-28(29(24)37)23-9-8-21(19-33)16-26(23)34-30/h8-9,16-18,20,34H,6-7,10-15H2,1-5H3. The molecule has 37 heavy (non-hydrogen) atoms. The maximum atomic E-state index is 13.9. The first kappa shape index (κ1) is 24.2. The van der Waals surface area contributed by atoms with Crippen LogP contribution in [0.2, 0.25) is 0 Å². The Morgan fingerprint density at radius 2 is 1.81 bits per heavy atom. The van der Waals surface area contributed by atoms with Gasteiger partial charge in [0.15, 0.2) is 5.78 Å². The Morgan fingerprint density at radius 3 is 2.41 bits per heavy atom. The third kappa shape index (κ3) is 3.42. The fourth-order valence-corrected chi connectivity index (χ4v) is 7.35. The number of ketones is 1. The second-order valence-corrected chi connectivity index (χ2v) is 12.2. The van der Waals surface area contributed by atoms with Gasteiger partial charge in [0.2, 0.25) is 0 Å². The van der Waals surface area contributed by atoms with Crippen LogP contribution in [-0.4, -0.2) is 47.4 Å². The molecule has 1 aromatic heterocycles. The van der Waals surface area contributed by atoms with Crippen molar-refractivity contribution in [1.29, 1.82) is 5.26 Å². The van der Waals surface area contributed by atoms with Crippen molar-refractivity contribution in [3.8, 4) is 6.07 Å². The molecule has 1 saturated carbocycles. The Bertz CT molecular complexity index is 1440. The number of carbonyl (C=O) groups excluding carboxylic acids is 1. The van der Waals surface area contributed by atoms with Crippen molar-refractivity contribution >= 4 is 22.4 Å². The van der Waals surface area contributed by atoms with Crippen LogP contribution in [0.1, 0.15) is 92.2 Å². The topological polar surface area (TPSA) is 63.1 Å². The van der Waals surface area contributed by atoms with Gasteiger partial charge in [-0.15, -0.1) is 0 Å². The molecule has 0 atom stereocenters. The number of fused-ring (bicyclic) bond motifs is 4. The summed E-state index contributed by atoms with van der Waals surface area (Å²) in [6, 6.07) is 12.3. The van der Waals surface area contributed by atoms with Crippen LogP contribution in [0.5, 0.6) is 0 Å². The van der Waals surface area contributed by atoms with E-state index in [-0.39, 0.29) is 11.2 Å². The van der Waals surface area contributed by atoms with E-state index in [0.717, 1.165) is 65.9 Å². The molecule has 0 radical (unpaired) electrons. The largest absolute Gasteiger partial charge is 0.369 e. The molecule has 6 rings (SSSR count). The average Bonchev–Trinajstić information content (AvgIpc) is 3.26. The highest BCUT2D eigenvalue weighted by molar-refractivity contribution is 6.20. The first-order chi connectivity index (χ1) is 17.7. The minimum Gasteiger partial charge on any atom is -0.369 e. The number of benzene rings is 2. The molecule has 2 fully saturated rings. The molecule has 5 heteroatoms. The fraction of sp³-hybridized carbons (Fsp3) is 0.500. The van der Waals surface area contributed by atoms with Crippen molar-refractivity contribution in [2.45, 2.75) is 71.3 Å². The molecule has 3 aliphatic rings. The number of carbonyl (C=O) groups is 1. The van der Waals surface area contributed by atoms with Crippen molar-refractivity contribution in [1.82, 2.24) is 9.88 Å². The second-order valence-electron chi connectivity index (χ2n) is 12.2. The van der Waals surface area contributed by atoms with Crippen LogP contribution in [0.4, 0.5) is 5.69 Å². The molecule has 3 aromatic rings. The summed E-state index contributed by atoms with van der Waals surface area (Å²) >= 11 is 0. The van der Waals surface area contributed by atoms with Gasteiger partial charge in [0, 0.05) is 65.0 Å². The van der Waals surface area contributed by atoms with Crippen LogP contribution in [0.25, 0.3) is 10.9 Å². The number of hydrogen-bond donors (Lipinski definition) is 1. The third-order valence-electron chi connectivity index (χ3n) is 9.84. The lowest BCUT2D eigenvalue weighted by Gasteiger charge is -2.56. The molecule has 0 spiro atoms. The van der Waals surface area contributed by atoms with E-state index in [1.54, 1.807) is 6.07 Å². The fourth-order valence-electron chi connectivity index (χ4n) is 7.35. The number of piperazine rings is 1. The number of aromatic amines is 1. The highest BCUT2D eigenvalue weighted by Gasteiger charge is 2.46.